The molecule has 0 unspecified atom stereocenters. The molecule has 38 heavy (non-hydrogen) atoms. The van der Waals surface area contributed by atoms with Crippen LogP contribution in [-0.2, 0) is 16.0 Å². The van der Waals surface area contributed by atoms with Gasteiger partial charge in [0.25, 0.3) is 5.78 Å². The van der Waals surface area contributed by atoms with E-state index in [1.54, 1.807) is 24.3 Å². The highest BCUT2D eigenvalue weighted by Gasteiger charge is 2.48. The molecular weight excluding hydrogens is 503 g/mol. The summed E-state index contributed by atoms with van der Waals surface area (Å²) in [5.74, 6) is -1.20. The monoisotopic (exact) mass is 528 g/mol. The molecule has 1 saturated heterocycles. The van der Waals surface area contributed by atoms with E-state index in [1.807, 2.05) is 31.2 Å². The van der Waals surface area contributed by atoms with Gasteiger partial charge in [0.2, 0.25) is 0 Å². The molecule has 0 spiro atoms. The average molecular weight is 529 g/mol. The number of rotatable bonds is 4. The van der Waals surface area contributed by atoms with Gasteiger partial charge < -0.3 is 9.84 Å². The summed E-state index contributed by atoms with van der Waals surface area (Å²) in [7, 11) is 0. The Morgan fingerprint density at radius 1 is 1.11 bits per heavy atom. The van der Waals surface area contributed by atoms with Gasteiger partial charge in [-0.25, -0.2) is 9.37 Å². The van der Waals surface area contributed by atoms with Gasteiger partial charge >= 0.3 is 5.91 Å². The maximum absolute atomic E-state index is 13.9. The predicted octanol–water partition coefficient (Wildman–Crippen LogP) is 6.51. The third kappa shape index (κ3) is 3.96. The molecule has 0 radical (unpaired) electrons. The number of carbonyl (C=O) groups excluding carboxylic acids is 2. The van der Waals surface area contributed by atoms with Crippen LogP contribution in [0.3, 0.4) is 0 Å². The van der Waals surface area contributed by atoms with Crippen molar-refractivity contribution in [1.82, 2.24) is 4.98 Å². The number of hydrogen-bond donors (Lipinski definition) is 1. The second kappa shape index (κ2) is 9.06. The molecule has 2 aliphatic rings. The molecule has 0 saturated carbocycles. The molecule has 1 aromatic heterocycles. The molecule has 6 rings (SSSR count). The van der Waals surface area contributed by atoms with Crippen molar-refractivity contribution < 1.29 is 23.8 Å². The normalized spacial score (nSPS) is 20.4. The number of benzene rings is 3. The highest BCUT2D eigenvalue weighted by atomic mass is 32.1. The molecule has 8 heteroatoms. The van der Waals surface area contributed by atoms with E-state index in [-0.39, 0.29) is 22.6 Å². The number of aliphatic hydroxyl groups excluding tert-OH is 1. The Kier molecular flexibility index (Phi) is 5.79. The van der Waals surface area contributed by atoms with Crippen LogP contribution >= 0.6 is 11.3 Å². The van der Waals surface area contributed by atoms with Crippen LogP contribution in [-0.4, -0.2) is 27.9 Å². The van der Waals surface area contributed by atoms with Crippen molar-refractivity contribution in [3.05, 3.63) is 94.3 Å². The summed E-state index contributed by atoms with van der Waals surface area (Å²) in [5, 5.41) is 11.8. The average Bonchev–Trinajstić information content (AvgIpc) is 3.55. The predicted molar refractivity (Wildman–Crippen MR) is 145 cm³/mol. The number of amides is 1. The smallest absolute Gasteiger partial charge is 0.301 e. The number of aromatic nitrogens is 1. The number of aliphatic hydroxyl groups is 1. The van der Waals surface area contributed by atoms with E-state index in [0.29, 0.717) is 33.7 Å². The first kappa shape index (κ1) is 24.3. The highest BCUT2D eigenvalue weighted by molar-refractivity contribution is 7.22. The minimum atomic E-state index is -0.898. The minimum Gasteiger partial charge on any atom is -0.507 e. The van der Waals surface area contributed by atoms with Gasteiger partial charge in [0, 0.05) is 12.0 Å². The first-order valence-electron chi connectivity index (χ1n) is 12.5. The van der Waals surface area contributed by atoms with Crippen molar-refractivity contribution in [2.24, 2.45) is 0 Å². The summed E-state index contributed by atoms with van der Waals surface area (Å²) in [6.07, 6.45) is 0.712. The fourth-order valence-electron chi connectivity index (χ4n) is 5.12. The lowest BCUT2D eigenvalue weighted by Gasteiger charge is -2.23. The lowest BCUT2D eigenvalue weighted by atomic mass is 9.93. The summed E-state index contributed by atoms with van der Waals surface area (Å²) in [5.41, 5.74) is 3.66. The fraction of sp³-hybridized carbons (Fsp3) is 0.233. The molecule has 3 aromatic carbocycles. The number of anilines is 1. The van der Waals surface area contributed by atoms with E-state index in [2.05, 4.69) is 18.8 Å². The molecular formula is C30H25FN2O4S. The first-order chi connectivity index (χ1) is 18.2. The third-order valence-corrected chi connectivity index (χ3v) is 8.10. The minimum absolute atomic E-state index is 0.00959. The van der Waals surface area contributed by atoms with Crippen LogP contribution in [0.5, 0.6) is 5.75 Å². The number of fused-ring (bicyclic) bond motifs is 2. The Bertz CT molecular complexity index is 1640. The Morgan fingerprint density at radius 3 is 2.61 bits per heavy atom. The van der Waals surface area contributed by atoms with Crippen molar-refractivity contribution >= 4 is 44.1 Å². The number of nitrogens with zero attached hydrogens (tertiary/aromatic N) is 2. The Balaban J connectivity index is 1.53. The number of thiazole rings is 1. The number of hydrogen-bond acceptors (Lipinski definition) is 6. The molecule has 2 aliphatic heterocycles. The van der Waals surface area contributed by atoms with Gasteiger partial charge in [-0.15, -0.1) is 0 Å². The van der Waals surface area contributed by atoms with Crippen LogP contribution in [0.4, 0.5) is 9.52 Å². The SMILES string of the molecule is CC(C)c1ccc([C@@H]2C(=C(O)c3ccc4c(c3)C[C@H](C)O4)C(=O)C(=O)N2c2nc3ccc(F)cc3s2)cc1. The molecule has 1 N–H and O–H groups in total. The topological polar surface area (TPSA) is 79.7 Å². The Labute approximate surface area is 223 Å². The van der Waals surface area contributed by atoms with E-state index < -0.39 is 23.5 Å². The van der Waals surface area contributed by atoms with Crippen molar-refractivity contribution in [3.8, 4) is 5.75 Å². The molecule has 4 aromatic rings. The Morgan fingerprint density at radius 2 is 1.87 bits per heavy atom. The molecule has 0 bridgehead atoms. The highest BCUT2D eigenvalue weighted by Crippen LogP contribution is 2.45. The van der Waals surface area contributed by atoms with Gasteiger partial charge in [-0.05, 0) is 65.9 Å². The number of carbonyl (C=O) groups is 2. The molecule has 2 atom stereocenters. The van der Waals surface area contributed by atoms with Gasteiger partial charge in [-0.3, -0.25) is 14.5 Å². The zero-order valence-electron chi connectivity index (χ0n) is 21.1. The van der Waals surface area contributed by atoms with E-state index in [1.165, 1.54) is 17.0 Å². The summed E-state index contributed by atoms with van der Waals surface area (Å²) >= 11 is 1.13. The molecule has 3 heterocycles. The quantitative estimate of drug-likeness (QED) is 0.186. The molecule has 6 nitrogen and oxygen atoms in total. The number of halogens is 1. The number of Topliss-reactive ketones (excluding diaryl/α,β-unsaturated/α-hetero) is 1. The standard InChI is InChI=1S/C30H25FN2O4S/c1-15(2)17-4-6-18(7-5-17)26-25(27(34)19-8-11-23-20(13-19)12-16(3)37-23)28(35)29(36)33(26)30-32-22-10-9-21(31)14-24(22)38-30/h4-11,13-16,26,34H,12H2,1-3H3/t16-,26+/m0/s1. The molecule has 192 valence electrons. The van der Waals surface area contributed by atoms with Crippen LogP contribution in [0.15, 0.2) is 66.2 Å². The summed E-state index contributed by atoms with van der Waals surface area (Å²) in [6, 6.07) is 16.2. The fourth-order valence-corrected chi connectivity index (χ4v) is 6.14. The van der Waals surface area contributed by atoms with E-state index in [9.17, 15) is 19.1 Å². The molecule has 1 amide bonds. The number of ether oxygens (including phenoxy) is 1. The summed E-state index contributed by atoms with van der Waals surface area (Å²) < 4.78 is 20.2. The second-order valence-electron chi connectivity index (χ2n) is 10.1. The number of ketones is 1. The zero-order chi connectivity index (χ0) is 26.7. The third-order valence-electron chi connectivity index (χ3n) is 7.08. The molecule has 1 fully saturated rings. The van der Waals surface area contributed by atoms with Crippen LogP contribution < -0.4 is 9.64 Å². The lowest BCUT2D eigenvalue weighted by Crippen LogP contribution is -2.29. The maximum atomic E-state index is 13.9. The Hall–Kier alpha value is -4.04. The van der Waals surface area contributed by atoms with Crippen LogP contribution in [0, 0.1) is 5.82 Å². The maximum Gasteiger partial charge on any atom is 0.301 e. The van der Waals surface area contributed by atoms with Crippen LogP contribution in [0.1, 0.15) is 55.0 Å². The van der Waals surface area contributed by atoms with Crippen molar-refractivity contribution in [2.75, 3.05) is 4.90 Å². The van der Waals surface area contributed by atoms with Gasteiger partial charge in [-0.2, -0.15) is 0 Å². The zero-order valence-corrected chi connectivity index (χ0v) is 21.9. The molecule has 0 aliphatic carbocycles. The van der Waals surface area contributed by atoms with Crippen LogP contribution in [0.2, 0.25) is 0 Å². The van der Waals surface area contributed by atoms with Crippen molar-refractivity contribution in [3.63, 3.8) is 0 Å². The van der Waals surface area contributed by atoms with Crippen LogP contribution in [0.25, 0.3) is 16.0 Å². The van der Waals surface area contributed by atoms with E-state index in [0.717, 1.165) is 28.2 Å². The van der Waals surface area contributed by atoms with Gasteiger partial charge in [0.15, 0.2) is 5.13 Å². The van der Waals surface area contributed by atoms with Crippen molar-refractivity contribution in [1.29, 1.82) is 0 Å². The largest absolute Gasteiger partial charge is 0.507 e. The van der Waals surface area contributed by atoms with Gasteiger partial charge in [0.1, 0.15) is 23.4 Å². The van der Waals surface area contributed by atoms with E-state index in [4.69, 9.17) is 4.74 Å². The van der Waals surface area contributed by atoms with E-state index >= 15 is 0 Å². The van der Waals surface area contributed by atoms with Crippen molar-refractivity contribution in [2.45, 2.75) is 45.3 Å². The first-order valence-corrected chi connectivity index (χ1v) is 13.3. The van der Waals surface area contributed by atoms with Gasteiger partial charge in [-0.1, -0.05) is 49.4 Å². The second-order valence-corrected chi connectivity index (χ2v) is 11.1. The van der Waals surface area contributed by atoms with Gasteiger partial charge in [0.05, 0.1) is 21.8 Å². The summed E-state index contributed by atoms with van der Waals surface area (Å²) in [4.78, 5) is 32.9. The summed E-state index contributed by atoms with van der Waals surface area (Å²) in [6.45, 7) is 6.13. The lowest BCUT2D eigenvalue weighted by molar-refractivity contribution is -0.132.